The third-order valence-electron chi connectivity index (χ3n) is 11.3. The zero-order valence-corrected chi connectivity index (χ0v) is 27.4. The van der Waals surface area contributed by atoms with E-state index in [4.69, 9.17) is 25.5 Å². The molecule has 9 rings (SSSR count). The third-order valence-corrected chi connectivity index (χ3v) is 11.3. The highest BCUT2D eigenvalue weighted by atomic mass is 19.1. The molecule has 0 spiro atoms. The van der Waals surface area contributed by atoms with Crippen molar-refractivity contribution in [3.63, 3.8) is 0 Å². The van der Waals surface area contributed by atoms with E-state index in [2.05, 4.69) is 27.7 Å². The number of anilines is 1. The van der Waals surface area contributed by atoms with Gasteiger partial charge in [0.15, 0.2) is 5.82 Å². The fraction of sp³-hybridized carbons (Fsp3) is 0.421. The Morgan fingerprint density at radius 1 is 1.10 bits per heavy atom. The summed E-state index contributed by atoms with van der Waals surface area (Å²) in [7, 11) is 2.11. The maximum absolute atomic E-state index is 17.6. The molecule has 4 aliphatic rings. The number of nitrogens with zero attached hydrogens (tertiary/aromatic N) is 5. The molecule has 4 atom stereocenters. The summed E-state index contributed by atoms with van der Waals surface area (Å²) < 4.78 is 60.0. The number of ether oxygens (including phenoxy) is 1. The van der Waals surface area contributed by atoms with Crippen molar-refractivity contribution < 1.29 is 27.4 Å². The number of halogens is 3. The minimum absolute atomic E-state index is 0.00664. The molecule has 8 nitrogen and oxygen atoms in total. The van der Waals surface area contributed by atoms with Crippen molar-refractivity contribution in [3.8, 4) is 35.2 Å². The minimum atomic E-state index is -0.926. The van der Waals surface area contributed by atoms with Crippen LogP contribution in [0.2, 0.25) is 0 Å². The smallest absolute Gasteiger partial charge is 0.319 e. The Morgan fingerprint density at radius 2 is 1.90 bits per heavy atom. The Kier molecular flexibility index (Phi) is 6.85. The van der Waals surface area contributed by atoms with E-state index >= 15 is 8.78 Å². The molecule has 4 saturated heterocycles. The summed E-state index contributed by atoms with van der Waals surface area (Å²) in [5.41, 5.74) is -0.0607. The third kappa shape index (κ3) is 4.60. The van der Waals surface area contributed by atoms with Crippen LogP contribution >= 0.6 is 0 Å². The molecular formula is C38H36F3N5O3. The van der Waals surface area contributed by atoms with E-state index in [0.717, 1.165) is 45.3 Å². The molecule has 2 unspecified atom stereocenters. The van der Waals surface area contributed by atoms with Crippen LogP contribution in [-0.4, -0.2) is 88.5 Å². The van der Waals surface area contributed by atoms with Gasteiger partial charge in [0, 0.05) is 54.5 Å². The molecule has 0 radical (unpaired) electrons. The molecule has 0 amide bonds. The second-order valence-electron chi connectivity index (χ2n) is 14.4. The Bertz CT molecular complexity index is 2220. The van der Waals surface area contributed by atoms with Gasteiger partial charge in [-0.15, -0.1) is 6.42 Å². The number of likely N-dealkylation sites (tertiary alicyclic amines) is 1. The van der Waals surface area contributed by atoms with Crippen LogP contribution < -0.4 is 9.64 Å². The van der Waals surface area contributed by atoms with Crippen LogP contribution in [-0.2, 0) is 0 Å². The summed E-state index contributed by atoms with van der Waals surface area (Å²) in [5, 5.41) is 12.6. The number of aromatic nitrogens is 2. The van der Waals surface area contributed by atoms with Crippen LogP contribution in [0.1, 0.15) is 43.4 Å². The van der Waals surface area contributed by atoms with Gasteiger partial charge in [-0.2, -0.15) is 9.97 Å². The number of rotatable bonds is 5. The average Bonchev–Trinajstić information content (AvgIpc) is 3.79. The van der Waals surface area contributed by atoms with Crippen molar-refractivity contribution in [3.05, 3.63) is 53.3 Å². The van der Waals surface area contributed by atoms with Crippen LogP contribution in [0.5, 0.6) is 11.8 Å². The number of piperazine rings is 1. The van der Waals surface area contributed by atoms with Crippen molar-refractivity contribution in [2.45, 2.75) is 62.8 Å². The second-order valence-corrected chi connectivity index (χ2v) is 14.4. The van der Waals surface area contributed by atoms with Crippen molar-refractivity contribution in [2.75, 3.05) is 44.7 Å². The first kappa shape index (κ1) is 30.5. The van der Waals surface area contributed by atoms with Crippen molar-refractivity contribution in [1.29, 1.82) is 0 Å². The van der Waals surface area contributed by atoms with Crippen LogP contribution in [0.4, 0.5) is 19.0 Å². The van der Waals surface area contributed by atoms with Crippen LogP contribution in [0.3, 0.4) is 0 Å². The van der Waals surface area contributed by atoms with Gasteiger partial charge < -0.3 is 24.1 Å². The van der Waals surface area contributed by atoms with Gasteiger partial charge in [0.1, 0.15) is 47.0 Å². The monoisotopic (exact) mass is 667 g/mol. The highest BCUT2D eigenvalue weighted by Gasteiger charge is 2.49. The number of phenolic OH excluding ortho intramolecular Hbond substituents is 1. The average molecular weight is 668 g/mol. The number of phenols is 1. The minimum Gasteiger partial charge on any atom is -0.508 e. The quantitative estimate of drug-likeness (QED) is 0.208. The molecule has 0 aliphatic carbocycles. The van der Waals surface area contributed by atoms with E-state index in [0.29, 0.717) is 40.7 Å². The van der Waals surface area contributed by atoms with Gasteiger partial charge in [-0.3, -0.25) is 4.90 Å². The number of furan rings is 1. The first-order valence-corrected chi connectivity index (χ1v) is 17.0. The highest BCUT2D eigenvalue weighted by Crippen LogP contribution is 2.48. The van der Waals surface area contributed by atoms with Crippen molar-refractivity contribution in [2.24, 2.45) is 0 Å². The molecule has 4 aliphatic heterocycles. The normalized spacial score (nSPS) is 25.6. The van der Waals surface area contributed by atoms with Crippen LogP contribution in [0.25, 0.3) is 43.8 Å². The van der Waals surface area contributed by atoms with Gasteiger partial charge >= 0.3 is 6.01 Å². The molecule has 2 bridgehead atoms. The highest BCUT2D eigenvalue weighted by molar-refractivity contribution is 6.18. The summed E-state index contributed by atoms with van der Waals surface area (Å²) in [6, 6.07) is 7.76. The number of terminal acetylenes is 1. The standard InChI is InChI=1S/C38H36F3N5O3/c1-4-26-29(40)9-6-21-13-25(47)14-27(30(21)26)31-33(41)34-32(28-12-20(2)49-35(28)31)36(46-23-7-8-24(46)18-44(3)17-23)43-37(42-34)48-19-38-10-5-11-45(38)16-22(39)15-38/h1,6,9,12-14,22-24,47H,5,7-8,10-11,15-19H2,2-3H3/t22-,23?,24?,38+/m1/s1. The molecule has 3 aromatic carbocycles. The second kappa shape index (κ2) is 11.0. The lowest BCUT2D eigenvalue weighted by atomic mass is 9.91. The van der Waals surface area contributed by atoms with Crippen molar-refractivity contribution >= 4 is 38.5 Å². The number of aryl methyl sites for hydroxylation is 1. The molecule has 4 fully saturated rings. The molecule has 2 aromatic heterocycles. The van der Waals surface area contributed by atoms with Gasteiger partial charge in [-0.25, -0.2) is 13.2 Å². The Balaban J connectivity index is 1.31. The molecule has 11 heteroatoms. The molecule has 0 saturated carbocycles. The number of aromatic hydroxyl groups is 1. The van der Waals surface area contributed by atoms with Crippen LogP contribution in [0.15, 0.2) is 34.7 Å². The first-order valence-electron chi connectivity index (χ1n) is 17.0. The maximum Gasteiger partial charge on any atom is 0.319 e. The number of alkyl halides is 1. The lowest BCUT2D eigenvalue weighted by molar-refractivity contribution is 0.107. The van der Waals surface area contributed by atoms with Crippen LogP contribution in [0, 0.1) is 30.9 Å². The fourth-order valence-electron chi connectivity index (χ4n) is 9.30. The van der Waals surface area contributed by atoms with Crippen molar-refractivity contribution in [1.82, 2.24) is 19.8 Å². The number of benzene rings is 3. The topological polar surface area (TPSA) is 78.1 Å². The molecule has 5 aromatic rings. The fourth-order valence-corrected chi connectivity index (χ4v) is 9.30. The van der Waals surface area contributed by atoms with E-state index in [1.807, 2.05) is 6.07 Å². The zero-order chi connectivity index (χ0) is 33.8. The largest absolute Gasteiger partial charge is 0.508 e. The van der Waals surface area contributed by atoms with E-state index in [-0.39, 0.29) is 63.6 Å². The lowest BCUT2D eigenvalue weighted by Gasteiger charge is -2.40. The maximum atomic E-state index is 17.6. The SMILES string of the molecule is C#Cc1c(F)ccc2cc(O)cc(-c3c(F)c4nc(OC[C@@]56CCCN5C[C@H](F)C6)nc(N5C6CCC5CN(C)C6)c4c4cc(C)oc34)c12. The zero-order valence-electron chi connectivity index (χ0n) is 27.4. The first-order chi connectivity index (χ1) is 23.6. The molecule has 49 heavy (non-hydrogen) atoms. The predicted molar refractivity (Wildman–Crippen MR) is 182 cm³/mol. The Labute approximate surface area is 281 Å². The van der Waals surface area contributed by atoms with E-state index in [9.17, 15) is 9.50 Å². The van der Waals surface area contributed by atoms with E-state index in [1.165, 1.54) is 24.3 Å². The Morgan fingerprint density at radius 3 is 2.67 bits per heavy atom. The molecule has 1 N–H and O–H groups in total. The summed E-state index contributed by atoms with van der Waals surface area (Å²) in [6.45, 7) is 4.83. The molecule has 252 valence electrons. The lowest BCUT2D eigenvalue weighted by Crippen LogP contribution is -2.53. The van der Waals surface area contributed by atoms with Gasteiger partial charge in [0.05, 0.1) is 22.1 Å². The molecule has 6 heterocycles. The summed E-state index contributed by atoms with van der Waals surface area (Å²) in [6.07, 6.45) is 8.95. The summed E-state index contributed by atoms with van der Waals surface area (Å²) in [4.78, 5) is 16.5. The Hall–Kier alpha value is -4.53. The number of likely N-dealkylation sites (N-methyl/N-ethyl adjacent to an activating group) is 1. The van der Waals surface area contributed by atoms with Gasteiger partial charge in [-0.1, -0.05) is 12.0 Å². The number of hydrogen-bond donors (Lipinski definition) is 1. The number of fused-ring (bicyclic) bond motifs is 7. The van der Waals surface area contributed by atoms with Gasteiger partial charge in [0.25, 0.3) is 0 Å². The van der Waals surface area contributed by atoms with E-state index in [1.54, 1.807) is 6.92 Å². The summed E-state index contributed by atoms with van der Waals surface area (Å²) in [5.74, 6) is 2.03. The molecular weight excluding hydrogens is 631 g/mol. The van der Waals surface area contributed by atoms with E-state index < -0.39 is 23.3 Å². The predicted octanol–water partition coefficient (Wildman–Crippen LogP) is 6.71. The summed E-state index contributed by atoms with van der Waals surface area (Å²) >= 11 is 0. The number of hydrogen-bond acceptors (Lipinski definition) is 8. The van der Waals surface area contributed by atoms with Gasteiger partial charge in [0.2, 0.25) is 0 Å². The van der Waals surface area contributed by atoms with Gasteiger partial charge in [-0.05, 0) is 75.9 Å².